The largest absolute Gasteiger partial charge is 0.370 e. The smallest absolute Gasteiger partial charge is 0.156 e. The molecule has 2 aliphatic rings. The lowest BCUT2D eigenvalue weighted by Gasteiger charge is -2.31. The van der Waals surface area contributed by atoms with E-state index in [1.54, 1.807) is 0 Å². The number of hydrogen-bond donors (Lipinski definition) is 2. The number of anilines is 3. The molecule has 116 valence electrons. The fourth-order valence-corrected chi connectivity index (χ4v) is 2.99. The van der Waals surface area contributed by atoms with Crippen LogP contribution >= 0.6 is 0 Å². The molecule has 2 aromatic heterocycles. The molecule has 0 spiro atoms. The lowest BCUT2D eigenvalue weighted by atomic mass is 9.99. The zero-order valence-corrected chi connectivity index (χ0v) is 12.9. The maximum absolute atomic E-state index is 4.31. The standard InChI is InChI=1S/C16H22N6/c1-11-4-6-22(7-5-11)13-8-15(20-17-10-13)18-16-9-14(19-21-16)12-2-3-12/h8-12H,2-7H2,1H3,(H2,18,19,20,21). The van der Waals surface area contributed by atoms with Crippen LogP contribution in [0.3, 0.4) is 0 Å². The van der Waals surface area contributed by atoms with Crippen LogP contribution in [0.25, 0.3) is 0 Å². The number of rotatable bonds is 4. The summed E-state index contributed by atoms with van der Waals surface area (Å²) in [6.07, 6.45) is 6.88. The van der Waals surface area contributed by atoms with Crippen molar-refractivity contribution < 1.29 is 0 Å². The molecule has 2 aromatic rings. The van der Waals surface area contributed by atoms with Gasteiger partial charge in [-0.25, -0.2) is 0 Å². The Morgan fingerprint density at radius 1 is 1.14 bits per heavy atom. The summed E-state index contributed by atoms with van der Waals surface area (Å²) in [5, 5.41) is 19.0. The summed E-state index contributed by atoms with van der Waals surface area (Å²) >= 11 is 0. The molecule has 1 saturated heterocycles. The Balaban J connectivity index is 1.46. The molecule has 1 aliphatic heterocycles. The molecule has 1 aliphatic carbocycles. The molecule has 0 bridgehead atoms. The average molecular weight is 298 g/mol. The van der Waals surface area contributed by atoms with Gasteiger partial charge in [-0.15, -0.1) is 5.10 Å². The summed E-state index contributed by atoms with van der Waals surface area (Å²) in [6.45, 7) is 4.52. The number of H-pyrrole nitrogens is 1. The van der Waals surface area contributed by atoms with E-state index >= 15 is 0 Å². The highest BCUT2D eigenvalue weighted by molar-refractivity contribution is 5.58. The first kappa shape index (κ1) is 13.5. The van der Waals surface area contributed by atoms with E-state index < -0.39 is 0 Å². The Bertz CT molecular complexity index is 640. The number of aromatic nitrogens is 4. The van der Waals surface area contributed by atoms with Gasteiger partial charge in [0.25, 0.3) is 0 Å². The predicted octanol–water partition coefficient (Wildman–Crippen LogP) is 3.06. The summed E-state index contributed by atoms with van der Waals surface area (Å²) < 4.78 is 0. The Kier molecular flexibility index (Phi) is 3.44. The molecule has 2 fully saturated rings. The lowest BCUT2D eigenvalue weighted by Crippen LogP contribution is -2.32. The van der Waals surface area contributed by atoms with Gasteiger partial charge in [0.1, 0.15) is 0 Å². The zero-order valence-electron chi connectivity index (χ0n) is 12.9. The quantitative estimate of drug-likeness (QED) is 0.908. The highest BCUT2D eigenvalue weighted by Gasteiger charge is 2.25. The van der Waals surface area contributed by atoms with E-state index in [-0.39, 0.29) is 0 Å². The van der Waals surface area contributed by atoms with E-state index in [0.717, 1.165) is 36.3 Å². The third-order valence-electron chi connectivity index (χ3n) is 4.66. The van der Waals surface area contributed by atoms with E-state index in [2.05, 4.69) is 49.7 Å². The van der Waals surface area contributed by atoms with Gasteiger partial charge >= 0.3 is 0 Å². The lowest BCUT2D eigenvalue weighted by molar-refractivity contribution is 0.438. The van der Waals surface area contributed by atoms with Crippen molar-refractivity contribution in [3.05, 3.63) is 24.0 Å². The van der Waals surface area contributed by atoms with Gasteiger partial charge in [0.05, 0.1) is 11.9 Å². The molecule has 0 atom stereocenters. The summed E-state index contributed by atoms with van der Waals surface area (Å²) in [7, 11) is 0. The van der Waals surface area contributed by atoms with Crippen LogP contribution in [0.2, 0.25) is 0 Å². The van der Waals surface area contributed by atoms with Crippen LogP contribution in [0.15, 0.2) is 18.3 Å². The summed E-state index contributed by atoms with van der Waals surface area (Å²) in [5.41, 5.74) is 2.36. The Morgan fingerprint density at radius 2 is 1.95 bits per heavy atom. The van der Waals surface area contributed by atoms with Crippen molar-refractivity contribution >= 4 is 17.3 Å². The second kappa shape index (κ2) is 5.59. The van der Waals surface area contributed by atoms with E-state index in [0.29, 0.717) is 5.92 Å². The minimum Gasteiger partial charge on any atom is -0.370 e. The minimum absolute atomic E-state index is 0.677. The molecule has 0 radical (unpaired) electrons. The second-order valence-corrected chi connectivity index (χ2v) is 6.58. The third kappa shape index (κ3) is 2.91. The van der Waals surface area contributed by atoms with Crippen LogP contribution in [0, 0.1) is 5.92 Å². The zero-order chi connectivity index (χ0) is 14.9. The van der Waals surface area contributed by atoms with Crippen LogP contribution < -0.4 is 10.2 Å². The van der Waals surface area contributed by atoms with Gasteiger partial charge in [0.2, 0.25) is 0 Å². The van der Waals surface area contributed by atoms with Crippen LogP contribution in [0.5, 0.6) is 0 Å². The van der Waals surface area contributed by atoms with Crippen molar-refractivity contribution in [3.8, 4) is 0 Å². The number of nitrogens with zero attached hydrogens (tertiary/aromatic N) is 4. The maximum Gasteiger partial charge on any atom is 0.156 e. The number of hydrogen-bond acceptors (Lipinski definition) is 5. The second-order valence-electron chi connectivity index (χ2n) is 6.58. The van der Waals surface area contributed by atoms with Crippen molar-refractivity contribution in [1.29, 1.82) is 0 Å². The molecule has 22 heavy (non-hydrogen) atoms. The Morgan fingerprint density at radius 3 is 2.73 bits per heavy atom. The summed E-state index contributed by atoms with van der Waals surface area (Å²) in [4.78, 5) is 2.39. The van der Waals surface area contributed by atoms with Gasteiger partial charge in [0, 0.05) is 36.8 Å². The maximum atomic E-state index is 4.31. The van der Waals surface area contributed by atoms with Crippen molar-refractivity contribution in [1.82, 2.24) is 20.4 Å². The van der Waals surface area contributed by atoms with Gasteiger partial charge in [0.15, 0.2) is 11.6 Å². The summed E-state index contributed by atoms with van der Waals surface area (Å²) in [6, 6.07) is 4.14. The molecule has 0 aromatic carbocycles. The van der Waals surface area contributed by atoms with E-state index in [1.807, 2.05) is 6.20 Å². The molecule has 3 heterocycles. The first-order valence-corrected chi connectivity index (χ1v) is 8.18. The van der Waals surface area contributed by atoms with Crippen LogP contribution in [-0.4, -0.2) is 33.5 Å². The van der Waals surface area contributed by atoms with Gasteiger partial charge < -0.3 is 10.2 Å². The predicted molar refractivity (Wildman–Crippen MR) is 86.5 cm³/mol. The first-order valence-electron chi connectivity index (χ1n) is 8.18. The fraction of sp³-hybridized carbons (Fsp3) is 0.562. The molecule has 1 saturated carbocycles. The average Bonchev–Trinajstić information content (AvgIpc) is 3.29. The minimum atomic E-state index is 0.677. The van der Waals surface area contributed by atoms with Crippen LogP contribution in [0.4, 0.5) is 17.3 Å². The molecular weight excluding hydrogens is 276 g/mol. The van der Waals surface area contributed by atoms with Gasteiger partial charge in [-0.3, -0.25) is 5.10 Å². The summed E-state index contributed by atoms with van der Waals surface area (Å²) in [5.74, 6) is 3.08. The Labute approximate surface area is 130 Å². The fourth-order valence-electron chi connectivity index (χ4n) is 2.99. The van der Waals surface area contributed by atoms with Crippen molar-refractivity contribution in [2.24, 2.45) is 5.92 Å². The van der Waals surface area contributed by atoms with Crippen LogP contribution in [-0.2, 0) is 0 Å². The molecule has 4 rings (SSSR count). The van der Waals surface area contributed by atoms with Crippen molar-refractivity contribution in [2.45, 2.75) is 38.5 Å². The normalized spacial score (nSPS) is 19.4. The molecule has 0 amide bonds. The van der Waals surface area contributed by atoms with Gasteiger partial charge in [-0.1, -0.05) is 6.92 Å². The van der Waals surface area contributed by atoms with Crippen LogP contribution in [0.1, 0.15) is 44.2 Å². The molecule has 2 N–H and O–H groups in total. The topological polar surface area (TPSA) is 69.7 Å². The van der Waals surface area contributed by atoms with Crippen molar-refractivity contribution in [2.75, 3.05) is 23.3 Å². The van der Waals surface area contributed by atoms with Gasteiger partial charge in [-0.2, -0.15) is 10.2 Å². The highest BCUT2D eigenvalue weighted by atomic mass is 15.2. The van der Waals surface area contributed by atoms with E-state index in [4.69, 9.17) is 0 Å². The number of nitrogens with one attached hydrogen (secondary N) is 2. The highest BCUT2D eigenvalue weighted by Crippen LogP contribution is 2.39. The monoisotopic (exact) mass is 298 g/mol. The molecule has 6 heteroatoms. The third-order valence-corrected chi connectivity index (χ3v) is 4.66. The van der Waals surface area contributed by atoms with Gasteiger partial charge in [-0.05, 0) is 31.6 Å². The SMILES string of the molecule is CC1CCN(c2cnnc(Nc3cc(C4CC4)[nH]n3)c2)CC1. The number of aromatic amines is 1. The Hall–Kier alpha value is -2.11. The molecular formula is C16H22N6. The van der Waals surface area contributed by atoms with Crippen molar-refractivity contribution in [3.63, 3.8) is 0 Å². The number of piperidine rings is 1. The molecule has 6 nitrogen and oxygen atoms in total. The van der Waals surface area contributed by atoms with E-state index in [9.17, 15) is 0 Å². The molecule has 0 unspecified atom stereocenters. The first-order chi connectivity index (χ1) is 10.8. The van der Waals surface area contributed by atoms with E-state index in [1.165, 1.54) is 31.4 Å².